The van der Waals surface area contributed by atoms with E-state index < -0.39 is 0 Å². The fraction of sp³-hybridized carbons (Fsp3) is 0.348. The first-order valence-electron chi connectivity index (χ1n) is 10.4. The number of aryl methyl sites for hydroxylation is 1. The molecule has 0 aliphatic heterocycles. The highest BCUT2D eigenvalue weighted by atomic mass is 16.5. The van der Waals surface area contributed by atoms with Crippen LogP contribution in [0.2, 0.25) is 0 Å². The average Bonchev–Trinajstić information content (AvgIpc) is 3.29. The van der Waals surface area contributed by atoms with Crippen LogP contribution in [0, 0.1) is 0 Å². The molecule has 0 bridgehead atoms. The van der Waals surface area contributed by atoms with Crippen LogP contribution in [0.15, 0.2) is 52.0 Å². The highest BCUT2D eigenvalue weighted by Crippen LogP contribution is 2.30. The van der Waals surface area contributed by atoms with Crippen molar-refractivity contribution >= 4 is 11.6 Å². The Bertz CT molecular complexity index is 999. The average molecular weight is 424 g/mol. The van der Waals surface area contributed by atoms with Crippen LogP contribution in [0.25, 0.3) is 11.5 Å². The molecule has 164 valence electrons. The first-order chi connectivity index (χ1) is 15.2. The molecular formula is C23H29N5O3. The number of methoxy groups -OCH3 is 1. The van der Waals surface area contributed by atoms with Crippen molar-refractivity contribution in [3.63, 3.8) is 0 Å². The van der Waals surface area contributed by atoms with E-state index in [1.165, 1.54) is 5.56 Å². The first kappa shape index (κ1) is 22.1. The number of aromatic nitrogens is 2. The Labute approximate surface area is 182 Å². The summed E-state index contributed by atoms with van der Waals surface area (Å²) in [5.74, 6) is 3.34. The maximum Gasteiger partial charge on any atom is 0.257 e. The number of nitrogens with zero attached hydrogens (tertiary/aromatic N) is 3. The van der Waals surface area contributed by atoms with Gasteiger partial charge in [0.25, 0.3) is 5.89 Å². The number of hydrogen-bond donors (Lipinski definition) is 2. The number of aliphatic imine (C=N–C) groups is 1. The van der Waals surface area contributed by atoms with Gasteiger partial charge in [0, 0.05) is 37.3 Å². The lowest BCUT2D eigenvalue weighted by molar-refractivity contribution is 0.311. The molecule has 1 aromatic heterocycles. The molecule has 31 heavy (non-hydrogen) atoms. The zero-order valence-corrected chi connectivity index (χ0v) is 18.4. The van der Waals surface area contributed by atoms with Crippen molar-refractivity contribution in [3.05, 3.63) is 53.9 Å². The molecule has 0 unspecified atom stereocenters. The smallest absolute Gasteiger partial charge is 0.257 e. The minimum atomic E-state index is 0.553. The lowest BCUT2D eigenvalue weighted by atomic mass is 10.1. The summed E-state index contributed by atoms with van der Waals surface area (Å²) in [5.41, 5.74) is 2.99. The highest BCUT2D eigenvalue weighted by Gasteiger charge is 2.08. The molecule has 8 heteroatoms. The molecule has 0 amide bonds. The maximum absolute atomic E-state index is 5.56. The predicted octanol–water partition coefficient (Wildman–Crippen LogP) is 3.94. The molecule has 0 aliphatic carbocycles. The van der Waals surface area contributed by atoms with Crippen molar-refractivity contribution < 1.29 is 14.0 Å². The Hall–Kier alpha value is -3.55. The molecule has 0 saturated carbocycles. The summed E-state index contributed by atoms with van der Waals surface area (Å²) >= 11 is 0. The molecule has 8 nitrogen and oxygen atoms in total. The molecule has 1 heterocycles. The standard InChI is InChI=1S/C23H29N5O3/c1-5-21-27-22(31-28-21)17-9-7-16(8-10-17)13-14-25-23(24-3)26-18-11-12-19(30-6-2)20(15-18)29-4/h7-12,15H,5-6,13-14H2,1-4H3,(H2,24,25,26). The predicted molar refractivity (Wildman–Crippen MR) is 122 cm³/mol. The number of hydrogen-bond acceptors (Lipinski definition) is 6. The topological polar surface area (TPSA) is 93.8 Å². The van der Waals surface area contributed by atoms with E-state index in [4.69, 9.17) is 14.0 Å². The summed E-state index contributed by atoms with van der Waals surface area (Å²) in [6.45, 7) is 5.26. The van der Waals surface area contributed by atoms with Crippen LogP contribution in [0.5, 0.6) is 11.5 Å². The molecular weight excluding hydrogens is 394 g/mol. The van der Waals surface area contributed by atoms with Gasteiger partial charge in [0.1, 0.15) is 0 Å². The highest BCUT2D eigenvalue weighted by molar-refractivity contribution is 5.93. The molecule has 3 rings (SSSR count). The Balaban J connectivity index is 1.53. The van der Waals surface area contributed by atoms with Crippen LogP contribution in [-0.4, -0.2) is 43.4 Å². The van der Waals surface area contributed by atoms with Gasteiger partial charge in [0.2, 0.25) is 0 Å². The van der Waals surface area contributed by atoms with E-state index in [0.717, 1.165) is 30.6 Å². The monoisotopic (exact) mass is 423 g/mol. The molecule has 0 fully saturated rings. The summed E-state index contributed by atoms with van der Waals surface area (Å²) < 4.78 is 16.2. The minimum absolute atomic E-state index is 0.553. The molecule has 0 radical (unpaired) electrons. The van der Waals surface area contributed by atoms with Gasteiger partial charge in [-0.15, -0.1) is 0 Å². The van der Waals surface area contributed by atoms with Gasteiger partial charge in [0.15, 0.2) is 23.3 Å². The van der Waals surface area contributed by atoms with Crippen LogP contribution >= 0.6 is 0 Å². The lowest BCUT2D eigenvalue weighted by Gasteiger charge is -2.14. The molecule has 2 aromatic carbocycles. The van der Waals surface area contributed by atoms with Gasteiger partial charge in [-0.25, -0.2) is 0 Å². The van der Waals surface area contributed by atoms with Gasteiger partial charge in [-0.05, 0) is 43.2 Å². The van der Waals surface area contributed by atoms with E-state index in [-0.39, 0.29) is 0 Å². The normalized spacial score (nSPS) is 11.3. The van der Waals surface area contributed by atoms with Crippen molar-refractivity contribution in [2.24, 2.45) is 4.99 Å². The first-order valence-corrected chi connectivity index (χ1v) is 10.4. The van der Waals surface area contributed by atoms with Crippen LogP contribution in [0.1, 0.15) is 25.2 Å². The van der Waals surface area contributed by atoms with Crippen LogP contribution in [0.4, 0.5) is 5.69 Å². The second-order valence-electron chi connectivity index (χ2n) is 6.74. The van der Waals surface area contributed by atoms with Crippen molar-refractivity contribution in [2.75, 3.05) is 32.6 Å². The van der Waals surface area contributed by atoms with Gasteiger partial charge in [-0.2, -0.15) is 4.98 Å². The van der Waals surface area contributed by atoms with Gasteiger partial charge < -0.3 is 24.6 Å². The molecule has 0 saturated heterocycles. The van der Waals surface area contributed by atoms with Gasteiger partial charge in [-0.3, -0.25) is 4.99 Å². The minimum Gasteiger partial charge on any atom is -0.493 e. The second-order valence-corrected chi connectivity index (χ2v) is 6.74. The van der Waals surface area contributed by atoms with E-state index in [1.807, 2.05) is 44.2 Å². The largest absolute Gasteiger partial charge is 0.493 e. The van der Waals surface area contributed by atoms with E-state index >= 15 is 0 Å². The van der Waals surface area contributed by atoms with E-state index in [2.05, 4.69) is 37.9 Å². The SMILES string of the molecule is CCOc1ccc(NC(=NC)NCCc2ccc(-c3nc(CC)no3)cc2)cc1OC. The Morgan fingerprint density at radius 2 is 1.90 bits per heavy atom. The molecule has 0 aliphatic rings. The summed E-state index contributed by atoms with van der Waals surface area (Å²) in [7, 11) is 3.37. The number of guanidine groups is 1. The zero-order chi connectivity index (χ0) is 22.1. The van der Waals surface area contributed by atoms with Crippen LogP contribution in [0.3, 0.4) is 0 Å². The van der Waals surface area contributed by atoms with E-state index in [1.54, 1.807) is 14.2 Å². The molecule has 0 atom stereocenters. The third-order valence-electron chi connectivity index (χ3n) is 4.64. The van der Waals surface area contributed by atoms with E-state index in [9.17, 15) is 0 Å². The fourth-order valence-corrected chi connectivity index (χ4v) is 2.99. The zero-order valence-electron chi connectivity index (χ0n) is 18.4. The summed E-state index contributed by atoms with van der Waals surface area (Å²) in [6.07, 6.45) is 1.60. The number of anilines is 1. The quantitative estimate of drug-likeness (QED) is 0.398. The lowest BCUT2D eigenvalue weighted by Crippen LogP contribution is -2.32. The second kappa shape index (κ2) is 11.0. The number of benzene rings is 2. The summed E-state index contributed by atoms with van der Waals surface area (Å²) in [4.78, 5) is 8.65. The van der Waals surface area contributed by atoms with Gasteiger partial charge in [0.05, 0.1) is 13.7 Å². The maximum atomic E-state index is 5.56. The number of nitrogens with one attached hydrogen (secondary N) is 2. The fourth-order valence-electron chi connectivity index (χ4n) is 2.99. The van der Waals surface area contributed by atoms with Gasteiger partial charge >= 0.3 is 0 Å². The number of rotatable bonds is 9. The van der Waals surface area contributed by atoms with E-state index in [0.29, 0.717) is 35.8 Å². The van der Waals surface area contributed by atoms with Crippen molar-refractivity contribution in [1.29, 1.82) is 0 Å². The van der Waals surface area contributed by atoms with Crippen molar-refractivity contribution in [2.45, 2.75) is 26.7 Å². The van der Waals surface area contributed by atoms with Crippen LogP contribution < -0.4 is 20.1 Å². The Morgan fingerprint density at radius 3 is 2.55 bits per heavy atom. The Kier molecular flexibility index (Phi) is 7.86. The van der Waals surface area contributed by atoms with Crippen molar-refractivity contribution in [1.82, 2.24) is 15.5 Å². The third-order valence-corrected chi connectivity index (χ3v) is 4.64. The van der Waals surface area contributed by atoms with Crippen LogP contribution in [-0.2, 0) is 12.8 Å². The molecule has 0 spiro atoms. The molecule has 2 N–H and O–H groups in total. The number of ether oxygens (including phenoxy) is 2. The van der Waals surface area contributed by atoms with Crippen molar-refractivity contribution in [3.8, 4) is 23.0 Å². The third kappa shape index (κ3) is 5.97. The summed E-state index contributed by atoms with van der Waals surface area (Å²) in [6, 6.07) is 13.8. The Morgan fingerprint density at radius 1 is 1.10 bits per heavy atom. The van der Waals surface area contributed by atoms with Gasteiger partial charge in [-0.1, -0.05) is 24.2 Å². The summed E-state index contributed by atoms with van der Waals surface area (Å²) in [5, 5.41) is 10.5. The molecule has 3 aromatic rings.